The normalized spacial score (nSPS) is 14.7. The van der Waals surface area contributed by atoms with E-state index < -0.39 is 21.7 Å². The zero-order valence-electron chi connectivity index (χ0n) is 16.4. The van der Waals surface area contributed by atoms with Crippen molar-refractivity contribution in [1.29, 1.82) is 0 Å². The van der Waals surface area contributed by atoms with Gasteiger partial charge in [-0.05, 0) is 37.8 Å². The van der Waals surface area contributed by atoms with E-state index in [0.717, 1.165) is 25.0 Å². The summed E-state index contributed by atoms with van der Waals surface area (Å²) in [6, 6.07) is 3.11. The largest absolute Gasteiger partial charge is 0.489 e. The van der Waals surface area contributed by atoms with Crippen molar-refractivity contribution in [2.24, 2.45) is 10.9 Å². The van der Waals surface area contributed by atoms with Crippen LogP contribution >= 0.6 is 24.0 Å². The first-order valence-electron chi connectivity index (χ1n) is 9.47. The van der Waals surface area contributed by atoms with E-state index in [1.165, 1.54) is 12.5 Å². The SMILES string of the molecule is CCNC(=NCCS(=O)(=O)NCC1CCC1)NCCOc1ccc(F)cc1F.I. The maximum Gasteiger partial charge on any atom is 0.213 e. The molecule has 166 valence electrons. The van der Waals surface area contributed by atoms with Gasteiger partial charge in [0.05, 0.1) is 18.8 Å². The number of benzene rings is 1. The minimum atomic E-state index is -3.34. The Morgan fingerprint density at radius 1 is 1.28 bits per heavy atom. The molecule has 1 aromatic rings. The van der Waals surface area contributed by atoms with Gasteiger partial charge in [0, 0.05) is 19.2 Å². The molecule has 11 heteroatoms. The second-order valence-corrected chi connectivity index (χ2v) is 8.50. The van der Waals surface area contributed by atoms with E-state index in [0.29, 0.717) is 31.5 Å². The number of ether oxygens (including phenoxy) is 1. The van der Waals surface area contributed by atoms with Crippen molar-refractivity contribution in [2.75, 3.05) is 38.5 Å². The monoisotopic (exact) mass is 546 g/mol. The summed E-state index contributed by atoms with van der Waals surface area (Å²) in [6.07, 6.45) is 3.34. The van der Waals surface area contributed by atoms with Gasteiger partial charge in [-0.25, -0.2) is 21.9 Å². The molecule has 1 aliphatic carbocycles. The molecule has 1 aromatic carbocycles. The molecule has 0 heterocycles. The van der Waals surface area contributed by atoms with Crippen molar-refractivity contribution in [3.05, 3.63) is 29.8 Å². The van der Waals surface area contributed by atoms with Gasteiger partial charge >= 0.3 is 0 Å². The fourth-order valence-corrected chi connectivity index (χ4v) is 3.52. The highest BCUT2D eigenvalue weighted by Crippen LogP contribution is 2.25. The third-order valence-corrected chi connectivity index (χ3v) is 5.66. The average molecular weight is 546 g/mol. The molecule has 0 atom stereocenters. The first kappa shape index (κ1) is 25.8. The predicted octanol–water partition coefficient (Wildman–Crippen LogP) is 2.24. The first-order chi connectivity index (χ1) is 13.4. The van der Waals surface area contributed by atoms with Crippen LogP contribution in [-0.2, 0) is 10.0 Å². The van der Waals surface area contributed by atoms with Gasteiger partial charge < -0.3 is 15.4 Å². The van der Waals surface area contributed by atoms with E-state index in [4.69, 9.17) is 4.74 Å². The predicted molar refractivity (Wildman–Crippen MR) is 120 cm³/mol. The average Bonchev–Trinajstić information content (AvgIpc) is 2.58. The Labute approximate surface area is 188 Å². The quantitative estimate of drug-likeness (QED) is 0.172. The van der Waals surface area contributed by atoms with E-state index in [1.807, 2.05) is 6.92 Å². The molecule has 0 bridgehead atoms. The molecule has 2 rings (SSSR count). The zero-order chi connectivity index (χ0) is 20.4. The van der Waals surface area contributed by atoms with Crippen LogP contribution in [-0.4, -0.2) is 52.9 Å². The fraction of sp³-hybridized carbons (Fsp3) is 0.611. The Morgan fingerprint density at radius 2 is 2.03 bits per heavy atom. The number of nitrogens with zero attached hydrogens (tertiary/aromatic N) is 1. The molecular weight excluding hydrogens is 517 g/mol. The van der Waals surface area contributed by atoms with E-state index in [9.17, 15) is 17.2 Å². The van der Waals surface area contributed by atoms with Gasteiger partial charge in [-0.1, -0.05) is 6.42 Å². The van der Waals surface area contributed by atoms with Crippen LogP contribution < -0.4 is 20.1 Å². The number of aliphatic imine (C=N–C) groups is 1. The third-order valence-electron chi connectivity index (χ3n) is 4.34. The summed E-state index contributed by atoms with van der Waals surface area (Å²) < 4.78 is 58.2. The number of hydrogen-bond donors (Lipinski definition) is 3. The highest BCUT2D eigenvalue weighted by molar-refractivity contribution is 14.0. The van der Waals surface area contributed by atoms with Gasteiger partial charge in [0.15, 0.2) is 17.5 Å². The second kappa shape index (κ2) is 13.2. The van der Waals surface area contributed by atoms with Crippen LogP contribution in [0.2, 0.25) is 0 Å². The highest BCUT2D eigenvalue weighted by Gasteiger charge is 2.19. The maximum absolute atomic E-state index is 13.5. The van der Waals surface area contributed by atoms with E-state index in [1.54, 1.807) is 0 Å². The molecular formula is C18H29F2IN4O3S. The molecule has 0 aliphatic heterocycles. The summed E-state index contributed by atoms with van der Waals surface area (Å²) in [7, 11) is -3.34. The summed E-state index contributed by atoms with van der Waals surface area (Å²) >= 11 is 0. The van der Waals surface area contributed by atoms with Gasteiger partial charge in [0.2, 0.25) is 10.0 Å². The number of rotatable bonds is 11. The Bertz CT molecular complexity index is 761. The van der Waals surface area contributed by atoms with Gasteiger partial charge in [-0.2, -0.15) is 0 Å². The van der Waals surface area contributed by atoms with Gasteiger partial charge in [0.25, 0.3) is 0 Å². The third kappa shape index (κ3) is 9.90. The molecule has 3 N–H and O–H groups in total. The van der Waals surface area contributed by atoms with Crippen LogP contribution in [0.25, 0.3) is 0 Å². The molecule has 7 nitrogen and oxygen atoms in total. The molecule has 0 aromatic heterocycles. The summed E-state index contributed by atoms with van der Waals surface area (Å²) in [5.41, 5.74) is 0. The van der Waals surface area contributed by atoms with Crippen molar-refractivity contribution < 1.29 is 21.9 Å². The van der Waals surface area contributed by atoms with Crippen LogP contribution in [0.15, 0.2) is 23.2 Å². The van der Waals surface area contributed by atoms with Crippen LogP contribution in [0.1, 0.15) is 26.2 Å². The number of sulfonamides is 1. The van der Waals surface area contributed by atoms with Gasteiger partial charge in [0.1, 0.15) is 12.4 Å². The fourth-order valence-electron chi connectivity index (χ4n) is 2.56. The van der Waals surface area contributed by atoms with Crippen molar-refractivity contribution >= 4 is 40.0 Å². The Hall–Kier alpha value is -1.21. The Morgan fingerprint density at radius 3 is 2.66 bits per heavy atom. The summed E-state index contributed by atoms with van der Waals surface area (Å²) in [5.74, 6) is -0.646. The van der Waals surface area contributed by atoms with E-state index in [2.05, 4.69) is 20.3 Å². The second-order valence-electron chi connectivity index (χ2n) is 6.57. The smallest absolute Gasteiger partial charge is 0.213 e. The molecule has 1 fully saturated rings. The van der Waals surface area contributed by atoms with Crippen LogP contribution in [0.3, 0.4) is 0 Å². The van der Waals surface area contributed by atoms with Crippen LogP contribution in [0.5, 0.6) is 5.75 Å². The van der Waals surface area contributed by atoms with Crippen molar-refractivity contribution in [3.63, 3.8) is 0 Å². The van der Waals surface area contributed by atoms with E-state index in [-0.39, 0.29) is 48.6 Å². The standard InChI is InChI=1S/C18H28F2N4O3S.HI/c1-2-21-18(22-8-10-27-17-7-6-15(19)12-16(17)20)23-9-11-28(25,26)24-13-14-4-3-5-14;/h6-7,12,14,24H,2-5,8-11,13H2,1H3,(H2,21,22,23);1H. The highest BCUT2D eigenvalue weighted by atomic mass is 127. The van der Waals surface area contributed by atoms with Crippen molar-refractivity contribution in [1.82, 2.24) is 15.4 Å². The van der Waals surface area contributed by atoms with E-state index >= 15 is 0 Å². The maximum atomic E-state index is 13.5. The molecule has 0 unspecified atom stereocenters. The molecule has 1 aliphatic rings. The van der Waals surface area contributed by atoms with Crippen molar-refractivity contribution in [3.8, 4) is 5.75 Å². The molecule has 0 amide bonds. The minimum absolute atomic E-state index is 0. The molecule has 0 spiro atoms. The van der Waals surface area contributed by atoms with Crippen LogP contribution in [0.4, 0.5) is 8.78 Å². The summed E-state index contributed by atoms with van der Waals surface area (Å²) in [4.78, 5) is 4.23. The number of nitrogens with one attached hydrogen (secondary N) is 3. The molecule has 0 radical (unpaired) electrons. The molecule has 1 saturated carbocycles. The topological polar surface area (TPSA) is 91.8 Å². The van der Waals surface area contributed by atoms with Gasteiger partial charge in [-0.15, -0.1) is 24.0 Å². The first-order valence-corrected chi connectivity index (χ1v) is 11.1. The lowest BCUT2D eigenvalue weighted by molar-refractivity contribution is 0.304. The lowest BCUT2D eigenvalue weighted by Crippen LogP contribution is -2.40. The zero-order valence-corrected chi connectivity index (χ0v) is 19.6. The summed E-state index contributed by atoms with van der Waals surface area (Å²) in [5, 5.41) is 5.98. The Balaban J connectivity index is 0.00000420. The van der Waals surface area contributed by atoms with Crippen LogP contribution in [0, 0.1) is 17.6 Å². The summed E-state index contributed by atoms with van der Waals surface area (Å²) in [6.45, 7) is 3.55. The van der Waals surface area contributed by atoms with Crippen molar-refractivity contribution in [2.45, 2.75) is 26.2 Å². The minimum Gasteiger partial charge on any atom is -0.489 e. The number of guanidine groups is 1. The van der Waals surface area contributed by atoms with Gasteiger partial charge in [-0.3, -0.25) is 4.99 Å². The lowest BCUT2D eigenvalue weighted by Gasteiger charge is -2.25. The lowest BCUT2D eigenvalue weighted by atomic mass is 9.86. The molecule has 0 saturated heterocycles. The number of hydrogen-bond acceptors (Lipinski definition) is 4. The number of halogens is 3. The Kier molecular flexibility index (Phi) is 11.7. The molecule has 29 heavy (non-hydrogen) atoms.